The van der Waals surface area contributed by atoms with Crippen LogP contribution in [0.15, 0.2) is 53.1 Å². The number of carbonyl (C=O) groups is 1. The lowest BCUT2D eigenvalue weighted by Gasteiger charge is -2.00. The van der Waals surface area contributed by atoms with Gasteiger partial charge >= 0.3 is 0 Å². The molecule has 2 aromatic heterocycles. The fraction of sp³-hybridized carbons (Fsp3) is 0. The summed E-state index contributed by atoms with van der Waals surface area (Å²) < 4.78 is 6.30. The maximum atomic E-state index is 12.1. The molecule has 0 radical (unpaired) electrons. The standard InChI is InChI=1S/C14H9IN2O2S/c15-12-11(10-7-4-8-19-10)16-14(20-12)17-13(18)9-5-2-1-3-6-9/h1-8H,(H,16,17,18). The Hall–Kier alpha value is -1.67. The number of anilines is 1. The van der Waals surface area contributed by atoms with E-state index in [0.717, 1.165) is 8.58 Å². The van der Waals surface area contributed by atoms with Gasteiger partial charge in [-0.2, -0.15) is 0 Å². The number of aromatic nitrogens is 1. The molecule has 2 heterocycles. The molecule has 0 spiro atoms. The van der Waals surface area contributed by atoms with Crippen molar-refractivity contribution in [3.63, 3.8) is 0 Å². The van der Waals surface area contributed by atoms with Crippen LogP contribution < -0.4 is 5.32 Å². The fourth-order valence-electron chi connectivity index (χ4n) is 1.68. The van der Waals surface area contributed by atoms with Crippen LogP contribution in [0.1, 0.15) is 10.4 Å². The lowest BCUT2D eigenvalue weighted by Crippen LogP contribution is -2.11. The summed E-state index contributed by atoms with van der Waals surface area (Å²) in [5.74, 6) is 0.535. The predicted molar refractivity (Wildman–Crippen MR) is 86.9 cm³/mol. The van der Waals surface area contributed by atoms with E-state index in [-0.39, 0.29) is 5.91 Å². The maximum Gasteiger partial charge on any atom is 0.257 e. The highest BCUT2D eigenvalue weighted by Crippen LogP contribution is 2.32. The number of carbonyl (C=O) groups excluding carboxylic acids is 1. The van der Waals surface area contributed by atoms with E-state index in [1.807, 2.05) is 30.3 Å². The molecule has 1 aromatic carbocycles. The number of benzene rings is 1. The second kappa shape index (κ2) is 5.76. The zero-order valence-corrected chi connectivity index (χ0v) is 13.1. The SMILES string of the molecule is O=C(Nc1nc(-c2ccco2)c(I)s1)c1ccccc1. The molecular weight excluding hydrogens is 387 g/mol. The third-order valence-electron chi connectivity index (χ3n) is 2.60. The van der Waals surface area contributed by atoms with Crippen LogP contribution in [0, 0.1) is 2.88 Å². The first-order valence-corrected chi connectivity index (χ1v) is 7.70. The Bertz CT molecular complexity index is 723. The van der Waals surface area contributed by atoms with Crippen LogP contribution >= 0.6 is 33.9 Å². The van der Waals surface area contributed by atoms with Gasteiger partial charge in [-0.3, -0.25) is 10.1 Å². The maximum absolute atomic E-state index is 12.1. The smallest absolute Gasteiger partial charge is 0.257 e. The first-order valence-electron chi connectivity index (χ1n) is 5.80. The summed E-state index contributed by atoms with van der Waals surface area (Å²) in [5, 5.41) is 3.37. The average molecular weight is 396 g/mol. The topological polar surface area (TPSA) is 55.1 Å². The van der Waals surface area contributed by atoms with Crippen molar-refractivity contribution in [3.05, 3.63) is 57.2 Å². The van der Waals surface area contributed by atoms with Crippen molar-refractivity contribution in [2.24, 2.45) is 0 Å². The number of furan rings is 1. The molecule has 0 aliphatic heterocycles. The third kappa shape index (κ3) is 2.75. The summed E-state index contributed by atoms with van der Waals surface area (Å²) in [6, 6.07) is 12.7. The minimum atomic E-state index is -0.165. The van der Waals surface area contributed by atoms with E-state index in [4.69, 9.17) is 4.42 Å². The van der Waals surface area contributed by atoms with Gasteiger partial charge in [0.05, 0.1) is 9.15 Å². The molecule has 100 valence electrons. The lowest BCUT2D eigenvalue weighted by atomic mass is 10.2. The van der Waals surface area contributed by atoms with Gasteiger partial charge in [0, 0.05) is 5.56 Å². The van der Waals surface area contributed by atoms with Gasteiger partial charge in [-0.25, -0.2) is 4.98 Å². The summed E-state index contributed by atoms with van der Waals surface area (Å²) in [6.45, 7) is 0. The molecule has 0 aliphatic carbocycles. The Morgan fingerprint density at radius 2 is 2.00 bits per heavy atom. The molecule has 1 amide bonds. The van der Waals surface area contributed by atoms with Gasteiger partial charge in [0.1, 0.15) is 5.69 Å². The molecule has 0 saturated heterocycles. The Labute approximate surface area is 133 Å². The fourth-order valence-corrected chi connectivity index (χ4v) is 3.38. The van der Waals surface area contributed by atoms with Gasteiger partial charge in [0.2, 0.25) is 0 Å². The zero-order valence-electron chi connectivity index (χ0n) is 10.2. The second-order valence-corrected chi connectivity index (χ2v) is 6.75. The molecule has 0 atom stereocenters. The van der Waals surface area contributed by atoms with Crippen LogP contribution in [0.5, 0.6) is 0 Å². The highest BCUT2D eigenvalue weighted by molar-refractivity contribution is 14.1. The number of rotatable bonds is 3. The molecule has 3 aromatic rings. The molecule has 4 nitrogen and oxygen atoms in total. The van der Waals surface area contributed by atoms with Crippen LogP contribution in [0.2, 0.25) is 0 Å². The lowest BCUT2D eigenvalue weighted by molar-refractivity contribution is 0.102. The first-order chi connectivity index (χ1) is 9.74. The van der Waals surface area contributed by atoms with Crippen LogP contribution in [-0.4, -0.2) is 10.9 Å². The number of nitrogens with one attached hydrogen (secondary N) is 1. The Kier molecular flexibility index (Phi) is 3.83. The van der Waals surface area contributed by atoms with E-state index in [1.54, 1.807) is 18.4 Å². The van der Waals surface area contributed by atoms with Crippen LogP contribution in [-0.2, 0) is 0 Å². The number of nitrogens with zero attached hydrogens (tertiary/aromatic N) is 1. The number of hydrogen-bond acceptors (Lipinski definition) is 4. The molecular formula is C14H9IN2O2S. The van der Waals surface area contributed by atoms with Crippen molar-refractivity contribution >= 4 is 45.0 Å². The number of hydrogen-bond donors (Lipinski definition) is 1. The largest absolute Gasteiger partial charge is 0.463 e. The van der Waals surface area contributed by atoms with E-state index in [1.165, 1.54) is 11.3 Å². The van der Waals surface area contributed by atoms with E-state index in [0.29, 0.717) is 16.5 Å². The van der Waals surface area contributed by atoms with E-state index < -0.39 is 0 Å². The highest BCUT2D eigenvalue weighted by atomic mass is 127. The summed E-state index contributed by atoms with van der Waals surface area (Å²) in [7, 11) is 0. The average Bonchev–Trinajstić information content (AvgIpc) is 3.09. The highest BCUT2D eigenvalue weighted by Gasteiger charge is 2.15. The minimum absolute atomic E-state index is 0.165. The molecule has 0 aliphatic rings. The molecule has 0 bridgehead atoms. The molecule has 6 heteroatoms. The molecule has 20 heavy (non-hydrogen) atoms. The van der Waals surface area contributed by atoms with Gasteiger partial charge in [0.15, 0.2) is 10.9 Å². The van der Waals surface area contributed by atoms with Gasteiger partial charge in [0.25, 0.3) is 5.91 Å². The second-order valence-electron chi connectivity index (χ2n) is 3.94. The van der Waals surface area contributed by atoms with Crippen molar-refractivity contribution in [2.75, 3.05) is 5.32 Å². The quantitative estimate of drug-likeness (QED) is 0.674. The number of thiazole rings is 1. The third-order valence-corrected chi connectivity index (χ3v) is 4.53. The monoisotopic (exact) mass is 396 g/mol. The number of halogens is 1. The summed E-state index contributed by atoms with van der Waals surface area (Å²) in [5.41, 5.74) is 1.36. The van der Waals surface area contributed by atoms with Crippen LogP contribution in [0.4, 0.5) is 5.13 Å². The molecule has 0 unspecified atom stereocenters. The van der Waals surface area contributed by atoms with Gasteiger partial charge < -0.3 is 4.42 Å². The van der Waals surface area contributed by atoms with Gasteiger partial charge in [-0.1, -0.05) is 29.5 Å². The van der Waals surface area contributed by atoms with E-state index >= 15 is 0 Å². The molecule has 0 saturated carbocycles. The van der Waals surface area contributed by atoms with Crippen LogP contribution in [0.25, 0.3) is 11.5 Å². The normalized spacial score (nSPS) is 10.4. The summed E-state index contributed by atoms with van der Waals surface area (Å²) >= 11 is 3.61. The molecule has 0 fully saturated rings. The first kappa shape index (κ1) is 13.3. The van der Waals surface area contributed by atoms with Crippen LogP contribution in [0.3, 0.4) is 0 Å². The van der Waals surface area contributed by atoms with Crippen molar-refractivity contribution < 1.29 is 9.21 Å². The predicted octanol–water partition coefficient (Wildman–Crippen LogP) is 4.26. The van der Waals surface area contributed by atoms with Crippen molar-refractivity contribution in [2.45, 2.75) is 0 Å². The van der Waals surface area contributed by atoms with Crippen molar-refractivity contribution in [1.29, 1.82) is 0 Å². The summed E-state index contributed by atoms with van der Waals surface area (Å²) in [6.07, 6.45) is 1.60. The zero-order chi connectivity index (χ0) is 13.9. The van der Waals surface area contributed by atoms with Gasteiger partial charge in [-0.05, 0) is 46.9 Å². The number of amides is 1. The molecule has 1 N–H and O–H groups in total. The van der Waals surface area contributed by atoms with Crippen molar-refractivity contribution in [1.82, 2.24) is 4.98 Å². The Morgan fingerprint density at radius 1 is 1.20 bits per heavy atom. The Morgan fingerprint density at radius 3 is 2.70 bits per heavy atom. The molecule has 3 rings (SSSR count). The summed E-state index contributed by atoms with van der Waals surface area (Å²) in [4.78, 5) is 16.5. The Balaban J connectivity index is 1.83. The van der Waals surface area contributed by atoms with E-state index in [2.05, 4.69) is 32.9 Å². The van der Waals surface area contributed by atoms with Crippen molar-refractivity contribution in [3.8, 4) is 11.5 Å². The minimum Gasteiger partial charge on any atom is -0.463 e. The van der Waals surface area contributed by atoms with Gasteiger partial charge in [-0.15, -0.1) is 0 Å². The van der Waals surface area contributed by atoms with E-state index in [9.17, 15) is 4.79 Å².